The van der Waals surface area contributed by atoms with Crippen molar-refractivity contribution in [2.75, 3.05) is 12.4 Å². The van der Waals surface area contributed by atoms with E-state index in [2.05, 4.69) is 10.2 Å². The first kappa shape index (κ1) is 6.24. The third-order valence-electron chi connectivity index (χ3n) is 1.40. The minimum Gasteiger partial charge on any atom is -0.360 e. The smallest absolute Gasteiger partial charge is 0.144 e. The number of hydrogen-bond acceptors (Lipinski definition) is 3. The molecule has 0 saturated carbocycles. The Labute approximate surface area is 63.2 Å². The molecule has 10 heavy (non-hydrogen) atoms. The van der Waals surface area contributed by atoms with Gasteiger partial charge < -0.3 is 4.74 Å². The monoisotopic (exact) mass is 156 g/mol. The summed E-state index contributed by atoms with van der Waals surface area (Å²) < 4.78 is 5.39. The zero-order valence-corrected chi connectivity index (χ0v) is 6.23. The summed E-state index contributed by atoms with van der Waals surface area (Å²) in [5.41, 5.74) is 1.27. The molecule has 1 aliphatic rings. The van der Waals surface area contributed by atoms with Crippen molar-refractivity contribution in [1.82, 2.24) is 10.2 Å². The van der Waals surface area contributed by atoms with Crippen LogP contribution in [0.15, 0.2) is 12.3 Å². The second-order valence-electron chi connectivity index (χ2n) is 2.09. The molecule has 0 spiro atoms. The van der Waals surface area contributed by atoms with E-state index in [-0.39, 0.29) is 5.44 Å². The van der Waals surface area contributed by atoms with Crippen LogP contribution in [0, 0.1) is 0 Å². The van der Waals surface area contributed by atoms with Gasteiger partial charge in [0, 0.05) is 11.9 Å². The molecule has 2 heterocycles. The fourth-order valence-corrected chi connectivity index (χ4v) is 1.85. The van der Waals surface area contributed by atoms with Crippen LogP contribution in [-0.2, 0) is 4.74 Å². The third kappa shape index (κ3) is 1.04. The summed E-state index contributed by atoms with van der Waals surface area (Å²) in [5.74, 6) is 1.09. The van der Waals surface area contributed by atoms with E-state index in [0.717, 1.165) is 18.1 Å². The Morgan fingerprint density at radius 2 is 2.80 bits per heavy atom. The van der Waals surface area contributed by atoms with Gasteiger partial charge in [-0.2, -0.15) is 5.10 Å². The van der Waals surface area contributed by atoms with Crippen molar-refractivity contribution in [2.45, 2.75) is 5.44 Å². The lowest BCUT2D eigenvalue weighted by Gasteiger charge is -2.02. The maximum atomic E-state index is 5.39. The Hall–Kier alpha value is -0.480. The van der Waals surface area contributed by atoms with Gasteiger partial charge in [-0.1, -0.05) is 0 Å². The molecule has 0 radical (unpaired) electrons. The molecular formula is C6H8N2OS. The SMILES string of the molecule is c1cc(C2OCCS2)[nH]n1. The van der Waals surface area contributed by atoms with Crippen LogP contribution in [0.2, 0.25) is 0 Å². The predicted octanol–water partition coefficient (Wildman–Crippen LogP) is 1.17. The Morgan fingerprint density at radius 1 is 1.80 bits per heavy atom. The molecule has 1 unspecified atom stereocenters. The van der Waals surface area contributed by atoms with Gasteiger partial charge in [0.25, 0.3) is 0 Å². The van der Waals surface area contributed by atoms with Gasteiger partial charge in [-0.15, -0.1) is 11.8 Å². The van der Waals surface area contributed by atoms with Gasteiger partial charge in [-0.05, 0) is 6.07 Å². The number of rotatable bonds is 1. The van der Waals surface area contributed by atoms with Gasteiger partial charge in [0.15, 0.2) is 0 Å². The molecule has 0 bridgehead atoms. The van der Waals surface area contributed by atoms with Crippen molar-refractivity contribution >= 4 is 11.8 Å². The zero-order valence-electron chi connectivity index (χ0n) is 5.41. The Bertz CT molecular complexity index is 194. The molecular weight excluding hydrogens is 148 g/mol. The number of nitrogens with zero attached hydrogens (tertiary/aromatic N) is 1. The van der Waals surface area contributed by atoms with E-state index >= 15 is 0 Å². The summed E-state index contributed by atoms with van der Waals surface area (Å²) >= 11 is 1.81. The van der Waals surface area contributed by atoms with Gasteiger partial charge >= 0.3 is 0 Å². The normalized spacial score (nSPS) is 25.4. The van der Waals surface area contributed by atoms with Crippen LogP contribution in [0.3, 0.4) is 0 Å². The lowest BCUT2D eigenvalue weighted by molar-refractivity contribution is 0.142. The van der Waals surface area contributed by atoms with Gasteiger partial charge in [0.1, 0.15) is 5.44 Å². The van der Waals surface area contributed by atoms with Crippen LogP contribution in [-0.4, -0.2) is 22.6 Å². The number of aromatic nitrogens is 2. The second-order valence-corrected chi connectivity index (χ2v) is 3.26. The van der Waals surface area contributed by atoms with Crippen molar-refractivity contribution in [3.05, 3.63) is 18.0 Å². The summed E-state index contributed by atoms with van der Waals surface area (Å²) in [5, 5.41) is 6.73. The topological polar surface area (TPSA) is 37.9 Å². The number of aromatic amines is 1. The summed E-state index contributed by atoms with van der Waals surface area (Å²) in [6.45, 7) is 0.856. The van der Waals surface area contributed by atoms with Crippen LogP contribution in [0.25, 0.3) is 0 Å². The maximum absolute atomic E-state index is 5.39. The largest absolute Gasteiger partial charge is 0.360 e. The van der Waals surface area contributed by atoms with Crippen LogP contribution in [0.4, 0.5) is 0 Å². The summed E-state index contributed by atoms with van der Waals surface area (Å²) in [6, 6.07) is 1.95. The van der Waals surface area contributed by atoms with Crippen LogP contribution < -0.4 is 0 Å². The number of hydrogen-bond donors (Lipinski definition) is 1. The van der Waals surface area contributed by atoms with Crippen molar-refractivity contribution < 1.29 is 4.74 Å². The van der Waals surface area contributed by atoms with Crippen LogP contribution >= 0.6 is 11.8 Å². The molecule has 0 aliphatic carbocycles. The van der Waals surface area contributed by atoms with Crippen LogP contribution in [0.5, 0.6) is 0 Å². The summed E-state index contributed by atoms with van der Waals surface area (Å²) in [6.07, 6.45) is 1.75. The van der Waals surface area contributed by atoms with Gasteiger partial charge in [-0.3, -0.25) is 5.10 Å². The van der Waals surface area contributed by atoms with Gasteiger partial charge in [0.2, 0.25) is 0 Å². The molecule has 1 fully saturated rings. The Balaban J connectivity index is 2.12. The van der Waals surface area contributed by atoms with Crippen molar-refractivity contribution in [1.29, 1.82) is 0 Å². The number of H-pyrrole nitrogens is 1. The van der Waals surface area contributed by atoms with Crippen molar-refractivity contribution in [3.8, 4) is 0 Å². The quantitative estimate of drug-likeness (QED) is 0.663. The fourth-order valence-electron chi connectivity index (χ4n) is 0.936. The highest BCUT2D eigenvalue weighted by Crippen LogP contribution is 2.33. The van der Waals surface area contributed by atoms with E-state index in [0.29, 0.717) is 0 Å². The molecule has 2 rings (SSSR count). The fraction of sp³-hybridized carbons (Fsp3) is 0.500. The van der Waals surface area contributed by atoms with E-state index in [4.69, 9.17) is 4.74 Å². The van der Waals surface area contributed by atoms with E-state index < -0.39 is 0 Å². The average molecular weight is 156 g/mol. The van der Waals surface area contributed by atoms with Crippen molar-refractivity contribution in [2.24, 2.45) is 0 Å². The summed E-state index contributed by atoms with van der Waals surface area (Å²) in [7, 11) is 0. The third-order valence-corrected chi connectivity index (χ3v) is 2.49. The first-order valence-electron chi connectivity index (χ1n) is 3.19. The van der Waals surface area contributed by atoms with Gasteiger partial charge in [-0.25, -0.2) is 0 Å². The highest BCUT2D eigenvalue weighted by molar-refractivity contribution is 7.99. The minimum atomic E-state index is 0.197. The second kappa shape index (κ2) is 2.64. The van der Waals surface area contributed by atoms with E-state index in [9.17, 15) is 0 Å². The molecule has 1 aromatic heterocycles. The maximum Gasteiger partial charge on any atom is 0.144 e. The Morgan fingerprint density at radius 3 is 3.40 bits per heavy atom. The molecule has 54 valence electrons. The molecule has 1 saturated heterocycles. The molecule has 1 aliphatic heterocycles. The van der Waals surface area contributed by atoms with E-state index in [1.54, 1.807) is 18.0 Å². The van der Waals surface area contributed by atoms with E-state index in [1.807, 2.05) is 6.07 Å². The molecule has 4 heteroatoms. The molecule has 0 aromatic carbocycles. The highest BCUT2D eigenvalue weighted by Gasteiger charge is 2.18. The van der Waals surface area contributed by atoms with Gasteiger partial charge in [0.05, 0.1) is 12.3 Å². The molecule has 1 atom stereocenters. The highest BCUT2D eigenvalue weighted by atomic mass is 32.2. The van der Waals surface area contributed by atoms with E-state index in [1.165, 1.54) is 0 Å². The number of nitrogens with one attached hydrogen (secondary N) is 1. The predicted molar refractivity (Wildman–Crippen MR) is 39.7 cm³/mol. The standard InChI is InChI=1S/C6H8N2OS/c1-2-7-8-5(1)6-9-3-4-10-6/h1-2,6H,3-4H2,(H,7,8). The first-order chi connectivity index (χ1) is 4.97. The lowest BCUT2D eigenvalue weighted by atomic mass is 10.5. The number of ether oxygens (including phenoxy) is 1. The van der Waals surface area contributed by atoms with Crippen LogP contribution in [0.1, 0.15) is 11.1 Å². The molecule has 0 amide bonds. The van der Waals surface area contributed by atoms with Crippen molar-refractivity contribution in [3.63, 3.8) is 0 Å². The minimum absolute atomic E-state index is 0.197. The molecule has 1 N–H and O–H groups in total. The first-order valence-corrected chi connectivity index (χ1v) is 4.24. The molecule has 3 nitrogen and oxygen atoms in total. The number of thioether (sulfide) groups is 1. The summed E-state index contributed by atoms with van der Waals surface area (Å²) in [4.78, 5) is 0. The molecule has 1 aromatic rings. The zero-order chi connectivity index (χ0) is 6.81. The lowest BCUT2D eigenvalue weighted by Crippen LogP contribution is -1.92. The Kier molecular flexibility index (Phi) is 1.65. The average Bonchev–Trinajstić information content (AvgIpc) is 2.59.